The first-order valence-electron chi connectivity index (χ1n) is 9.54. The standard InChI is InChI=1S/C23H23BrN2O2/c24-20-8-10-21(11-9-20)28-17-23(27)26-14-12-25(13-15-26)16-19-6-3-5-18-4-1-2-7-22(18)19/h1-11H,12-17H2. The lowest BCUT2D eigenvalue weighted by molar-refractivity contribution is -0.135. The average Bonchev–Trinajstić information content (AvgIpc) is 2.74. The van der Waals surface area contributed by atoms with Gasteiger partial charge in [-0.05, 0) is 40.6 Å². The Labute approximate surface area is 173 Å². The van der Waals surface area contributed by atoms with Crippen LogP contribution < -0.4 is 4.74 Å². The highest BCUT2D eigenvalue weighted by molar-refractivity contribution is 9.10. The van der Waals surface area contributed by atoms with Crippen LogP contribution >= 0.6 is 15.9 Å². The first-order valence-corrected chi connectivity index (χ1v) is 10.3. The third-order valence-corrected chi connectivity index (χ3v) is 5.70. The minimum Gasteiger partial charge on any atom is -0.484 e. The highest BCUT2D eigenvalue weighted by Gasteiger charge is 2.21. The Balaban J connectivity index is 1.29. The maximum absolute atomic E-state index is 12.5. The van der Waals surface area contributed by atoms with Crippen molar-refractivity contribution in [1.82, 2.24) is 9.80 Å². The summed E-state index contributed by atoms with van der Waals surface area (Å²) in [6.45, 7) is 4.25. The van der Waals surface area contributed by atoms with Crippen LogP contribution in [0.1, 0.15) is 5.56 Å². The zero-order chi connectivity index (χ0) is 19.3. The van der Waals surface area contributed by atoms with Crippen LogP contribution in [-0.4, -0.2) is 48.5 Å². The van der Waals surface area contributed by atoms with Gasteiger partial charge in [-0.2, -0.15) is 0 Å². The Bertz CT molecular complexity index is 945. The molecular formula is C23H23BrN2O2. The monoisotopic (exact) mass is 438 g/mol. The molecular weight excluding hydrogens is 416 g/mol. The second-order valence-electron chi connectivity index (χ2n) is 7.04. The van der Waals surface area contributed by atoms with E-state index >= 15 is 0 Å². The van der Waals surface area contributed by atoms with Crippen LogP contribution in [0.3, 0.4) is 0 Å². The molecule has 1 fully saturated rings. The molecule has 1 aliphatic heterocycles. The lowest BCUT2D eigenvalue weighted by Gasteiger charge is -2.34. The van der Waals surface area contributed by atoms with Crippen LogP contribution in [0.2, 0.25) is 0 Å². The number of nitrogens with zero attached hydrogens (tertiary/aromatic N) is 2. The van der Waals surface area contributed by atoms with Gasteiger partial charge in [-0.25, -0.2) is 0 Å². The van der Waals surface area contributed by atoms with Gasteiger partial charge in [-0.3, -0.25) is 9.69 Å². The first-order chi connectivity index (χ1) is 13.7. The minimum absolute atomic E-state index is 0.0488. The van der Waals surface area contributed by atoms with Crippen LogP contribution in [0.4, 0.5) is 0 Å². The van der Waals surface area contributed by atoms with Crippen molar-refractivity contribution in [2.75, 3.05) is 32.8 Å². The predicted molar refractivity (Wildman–Crippen MR) is 115 cm³/mol. The molecule has 0 radical (unpaired) electrons. The molecule has 0 atom stereocenters. The van der Waals surface area contributed by atoms with Crippen LogP contribution in [0.15, 0.2) is 71.2 Å². The van der Waals surface area contributed by atoms with E-state index in [1.165, 1.54) is 16.3 Å². The molecule has 1 aliphatic rings. The summed E-state index contributed by atoms with van der Waals surface area (Å²) >= 11 is 3.40. The van der Waals surface area contributed by atoms with Gasteiger partial charge in [-0.15, -0.1) is 0 Å². The molecule has 144 valence electrons. The number of hydrogen-bond donors (Lipinski definition) is 0. The Morgan fingerprint density at radius 3 is 2.39 bits per heavy atom. The molecule has 4 nitrogen and oxygen atoms in total. The van der Waals surface area contributed by atoms with Crippen LogP contribution in [-0.2, 0) is 11.3 Å². The number of carbonyl (C=O) groups excluding carboxylic acids is 1. The van der Waals surface area contributed by atoms with Gasteiger partial charge in [0.15, 0.2) is 6.61 Å². The molecule has 0 spiro atoms. The summed E-state index contributed by atoms with van der Waals surface area (Å²) < 4.78 is 6.62. The van der Waals surface area contributed by atoms with E-state index in [1.807, 2.05) is 29.2 Å². The van der Waals surface area contributed by atoms with Gasteiger partial charge in [0.05, 0.1) is 0 Å². The quantitative estimate of drug-likeness (QED) is 0.594. The Kier molecular flexibility index (Phi) is 5.93. The van der Waals surface area contributed by atoms with E-state index in [-0.39, 0.29) is 12.5 Å². The fourth-order valence-corrected chi connectivity index (χ4v) is 3.86. The van der Waals surface area contributed by atoms with E-state index in [1.54, 1.807) is 0 Å². The van der Waals surface area contributed by atoms with Crippen LogP contribution in [0.5, 0.6) is 5.75 Å². The minimum atomic E-state index is 0.0488. The molecule has 3 aromatic rings. The maximum Gasteiger partial charge on any atom is 0.260 e. The molecule has 0 bridgehead atoms. The number of ether oxygens (including phenoxy) is 1. The van der Waals surface area contributed by atoms with Crippen molar-refractivity contribution < 1.29 is 9.53 Å². The van der Waals surface area contributed by atoms with E-state index in [0.29, 0.717) is 5.75 Å². The largest absolute Gasteiger partial charge is 0.484 e. The molecule has 28 heavy (non-hydrogen) atoms. The predicted octanol–water partition coefficient (Wildman–Crippen LogP) is 4.33. The first kappa shape index (κ1) is 19.0. The summed E-state index contributed by atoms with van der Waals surface area (Å²) in [7, 11) is 0. The van der Waals surface area contributed by atoms with E-state index in [0.717, 1.165) is 37.2 Å². The smallest absolute Gasteiger partial charge is 0.260 e. The number of amides is 1. The van der Waals surface area contributed by atoms with Gasteiger partial charge in [0.25, 0.3) is 5.91 Å². The molecule has 5 heteroatoms. The molecule has 0 aliphatic carbocycles. The number of carbonyl (C=O) groups is 1. The molecule has 4 rings (SSSR count). The van der Waals surface area contributed by atoms with E-state index < -0.39 is 0 Å². The normalized spacial score (nSPS) is 15.0. The lowest BCUT2D eigenvalue weighted by atomic mass is 10.0. The van der Waals surface area contributed by atoms with Crippen molar-refractivity contribution in [2.45, 2.75) is 6.54 Å². The molecule has 1 heterocycles. The Morgan fingerprint density at radius 2 is 1.61 bits per heavy atom. The highest BCUT2D eigenvalue weighted by atomic mass is 79.9. The molecule has 1 amide bonds. The third-order valence-electron chi connectivity index (χ3n) is 5.17. The zero-order valence-corrected chi connectivity index (χ0v) is 17.3. The number of benzene rings is 3. The van der Waals surface area contributed by atoms with Gasteiger partial charge in [0, 0.05) is 37.2 Å². The van der Waals surface area contributed by atoms with E-state index in [4.69, 9.17) is 4.74 Å². The summed E-state index contributed by atoms with van der Waals surface area (Å²) in [6.07, 6.45) is 0. The molecule has 1 saturated heterocycles. The summed E-state index contributed by atoms with van der Waals surface area (Å²) in [4.78, 5) is 16.8. The second-order valence-corrected chi connectivity index (χ2v) is 7.95. The number of rotatable bonds is 5. The number of hydrogen-bond acceptors (Lipinski definition) is 3. The van der Waals surface area contributed by atoms with E-state index in [9.17, 15) is 4.79 Å². The number of piperazine rings is 1. The van der Waals surface area contributed by atoms with Crippen molar-refractivity contribution in [3.8, 4) is 5.75 Å². The Morgan fingerprint density at radius 1 is 0.893 bits per heavy atom. The lowest BCUT2D eigenvalue weighted by Crippen LogP contribution is -2.49. The fourth-order valence-electron chi connectivity index (χ4n) is 3.59. The SMILES string of the molecule is O=C(COc1ccc(Br)cc1)N1CCN(Cc2cccc3ccccc23)CC1. The summed E-state index contributed by atoms with van der Waals surface area (Å²) in [5, 5.41) is 2.59. The Hall–Kier alpha value is -2.37. The summed E-state index contributed by atoms with van der Waals surface area (Å²) in [5.41, 5.74) is 1.34. The zero-order valence-electron chi connectivity index (χ0n) is 15.7. The van der Waals surface area contributed by atoms with Gasteiger partial charge in [0.1, 0.15) is 5.75 Å². The molecule has 0 saturated carbocycles. The van der Waals surface area contributed by atoms with Crippen molar-refractivity contribution in [2.24, 2.45) is 0 Å². The molecule has 0 unspecified atom stereocenters. The van der Waals surface area contributed by atoms with Crippen LogP contribution in [0, 0.1) is 0 Å². The second kappa shape index (κ2) is 8.76. The van der Waals surface area contributed by atoms with Gasteiger partial charge in [-0.1, -0.05) is 58.4 Å². The third kappa shape index (κ3) is 4.54. The highest BCUT2D eigenvalue weighted by Crippen LogP contribution is 2.21. The molecule has 0 N–H and O–H groups in total. The number of halogens is 1. The topological polar surface area (TPSA) is 32.8 Å². The summed E-state index contributed by atoms with van der Waals surface area (Å²) in [6, 6.07) is 22.5. The van der Waals surface area contributed by atoms with Gasteiger partial charge < -0.3 is 9.64 Å². The summed E-state index contributed by atoms with van der Waals surface area (Å²) in [5.74, 6) is 0.763. The fraction of sp³-hybridized carbons (Fsp3) is 0.261. The maximum atomic E-state index is 12.5. The van der Waals surface area contributed by atoms with Gasteiger partial charge >= 0.3 is 0 Å². The van der Waals surface area contributed by atoms with E-state index in [2.05, 4.69) is 63.3 Å². The van der Waals surface area contributed by atoms with Crippen molar-refractivity contribution >= 4 is 32.6 Å². The average molecular weight is 439 g/mol. The van der Waals surface area contributed by atoms with Crippen molar-refractivity contribution in [3.05, 3.63) is 76.8 Å². The molecule has 3 aromatic carbocycles. The van der Waals surface area contributed by atoms with Crippen molar-refractivity contribution in [3.63, 3.8) is 0 Å². The van der Waals surface area contributed by atoms with Gasteiger partial charge in [0.2, 0.25) is 0 Å². The molecule has 0 aromatic heterocycles. The number of fused-ring (bicyclic) bond motifs is 1. The van der Waals surface area contributed by atoms with Crippen molar-refractivity contribution in [1.29, 1.82) is 0 Å². The van der Waals surface area contributed by atoms with Crippen LogP contribution in [0.25, 0.3) is 10.8 Å².